The fraction of sp³-hybridized carbons (Fsp3) is 0.500. The molecule has 0 saturated carbocycles. The normalized spacial score (nSPS) is 13.6. The van der Waals surface area contributed by atoms with E-state index < -0.39 is 27.6 Å². The Balaban J connectivity index is 2.69. The Bertz CT molecular complexity index is 606. The maximum Gasteiger partial charge on any atom is 0.407 e. The van der Waals surface area contributed by atoms with E-state index in [2.05, 4.69) is 5.32 Å². The number of alkyl carbamates (subject to hydrolysis) is 1. The lowest BCUT2D eigenvalue weighted by Crippen LogP contribution is -2.36. The van der Waals surface area contributed by atoms with E-state index in [1.165, 1.54) is 12.1 Å². The van der Waals surface area contributed by atoms with Gasteiger partial charge >= 0.3 is 6.09 Å². The number of ether oxygens (including phenoxy) is 1. The molecule has 0 aromatic heterocycles. The Morgan fingerprint density at radius 3 is 2.52 bits per heavy atom. The lowest BCUT2D eigenvalue weighted by atomic mass is 10.1. The second-order valence-corrected chi connectivity index (χ2v) is 7.85. The van der Waals surface area contributed by atoms with Gasteiger partial charge in [-0.2, -0.15) is 0 Å². The van der Waals surface area contributed by atoms with Gasteiger partial charge < -0.3 is 15.8 Å². The SMILES string of the molecule is CC(C)(C)OC(=O)NCC(N)c1cccc(S(C)(=O)=O)c1. The van der Waals surface area contributed by atoms with Crippen LogP contribution in [-0.4, -0.2) is 32.9 Å². The van der Waals surface area contributed by atoms with Crippen molar-refractivity contribution < 1.29 is 17.9 Å². The molecule has 1 unspecified atom stereocenters. The van der Waals surface area contributed by atoms with Crippen molar-refractivity contribution >= 4 is 15.9 Å². The summed E-state index contributed by atoms with van der Waals surface area (Å²) in [5.74, 6) is 0. The number of hydrogen-bond acceptors (Lipinski definition) is 5. The molecule has 1 rings (SSSR count). The number of nitrogens with one attached hydrogen (secondary N) is 1. The first-order chi connectivity index (χ1) is 9.49. The van der Waals surface area contributed by atoms with Crippen molar-refractivity contribution in [2.24, 2.45) is 5.73 Å². The van der Waals surface area contributed by atoms with E-state index in [1.54, 1.807) is 32.9 Å². The van der Waals surface area contributed by atoms with E-state index >= 15 is 0 Å². The number of nitrogens with two attached hydrogens (primary N) is 1. The van der Waals surface area contributed by atoms with Gasteiger partial charge in [0.05, 0.1) is 4.90 Å². The Hall–Kier alpha value is -1.60. The number of carbonyl (C=O) groups excluding carboxylic acids is 1. The molecule has 0 radical (unpaired) electrons. The molecule has 1 aromatic rings. The molecular weight excluding hydrogens is 292 g/mol. The monoisotopic (exact) mass is 314 g/mol. The van der Waals surface area contributed by atoms with Crippen LogP contribution in [0.1, 0.15) is 32.4 Å². The molecule has 0 spiro atoms. The van der Waals surface area contributed by atoms with Crippen LogP contribution in [-0.2, 0) is 14.6 Å². The average molecular weight is 314 g/mol. The minimum Gasteiger partial charge on any atom is -0.444 e. The third-order valence-corrected chi connectivity index (χ3v) is 3.69. The Morgan fingerprint density at radius 2 is 2.00 bits per heavy atom. The summed E-state index contributed by atoms with van der Waals surface area (Å²) in [7, 11) is -3.28. The molecule has 118 valence electrons. The van der Waals surface area contributed by atoms with E-state index in [9.17, 15) is 13.2 Å². The van der Waals surface area contributed by atoms with Crippen molar-refractivity contribution in [3.05, 3.63) is 29.8 Å². The molecule has 7 heteroatoms. The summed E-state index contributed by atoms with van der Waals surface area (Å²) in [6.07, 6.45) is 0.577. The van der Waals surface area contributed by atoms with Gasteiger partial charge in [-0.25, -0.2) is 13.2 Å². The lowest BCUT2D eigenvalue weighted by Gasteiger charge is -2.21. The van der Waals surface area contributed by atoms with Gasteiger partial charge in [-0.3, -0.25) is 0 Å². The molecule has 1 atom stereocenters. The topological polar surface area (TPSA) is 98.5 Å². The number of benzene rings is 1. The second kappa shape index (κ2) is 6.44. The van der Waals surface area contributed by atoms with E-state index in [1.807, 2.05) is 0 Å². The molecule has 6 nitrogen and oxygen atoms in total. The molecule has 21 heavy (non-hydrogen) atoms. The third-order valence-electron chi connectivity index (χ3n) is 2.58. The van der Waals surface area contributed by atoms with Gasteiger partial charge in [0.2, 0.25) is 0 Å². The first-order valence-electron chi connectivity index (χ1n) is 6.51. The molecule has 0 bridgehead atoms. The van der Waals surface area contributed by atoms with Crippen molar-refractivity contribution in [3.8, 4) is 0 Å². The number of sulfone groups is 1. The molecule has 0 heterocycles. The number of carbonyl (C=O) groups is 1. The molecule has 1 amide bonds. The zero-order chi connectivity index (χ0) is 16.3. The summed E-state index contributed by atoms with van der Waals surface area (Å²) in [6, 6.07) is 5.85. The predicted molar refractivity (Wildman–Crippen MR) is 80.7 cm³/mol. The van der Waals surface area contributed by atoms with Crippen LogP contribution in [0.25, 0.3) is 0 Å². The molecule has 3 N–H and O–H groups in total. The van der Waals surface area contributed by atoms with Crippen LogP contribution in [0.2, 0.25) is 0 Å². The molecule has 0 fully saturated rings. The first kappa shape index (κ1) is 17.5. The van der Waals surface area contributed by atoms with Crippen LogP contribution in [0.15, 0.2) is 29.2 Å². The highest BCUT2D eigenvalue weighted by atomic mass is 32.2. The Morgan fingerprint density at radius 1 is 1.38 bits per heavy atom. The van der Waals surface area contributed by atoms with Crippen LogP contribution in [0.4, 0.5) is 4.79 Å². The summed E-state index contributed by atoms with van der Waals surface area (Å²) in [4.78, 5) is 11.7. The lowest BCUT2D eigenvalue weighted by molar-refractivity contribution is 0.0524. The van der Waals surface area contributed by atoms with Gasteiger partial charge in [0.1, 0.15) is 5.60 Å². The zero-order valence-electron chi connectivity index (χ0n) is 12.7. The fourth-order valence-corrected chi connectivity index (χ4v) is 2.28. The molecule has 0 aliphatic rings. The predicted octanol–water partition coefficient (Wildman–Crippen LogP) is 1.61. The molecular formula is C14H22N2O4S. The number of hydrogen-bond donors (Lipinski definition) is 2. The summed E-state index contributed by atoms with van der Waals surface area (Å²) in [5, 5.41) is 2.56. The van der Waals surface area contributed by atoms with Crippen molar-refractivity contribution in [3.63, 3.8) is 0 Å². The van der Waals surface area contributed by atoms with Crippen LogP contribution in [0, 0.1) is 0 Å². The second-order valence-electron chi connectivity index (χ2n) is 5.83. The van der Waals surface area contributed by atoms with E-state index in [4.69, 9.17) is 10.5 Å². The molecule has 1 aromatic carbocycles. The number of amides is 1. The minimum atomic E-state index is -3.28. The molecule has 0 aliphatic carbocycles. The highest BCUT2D eigenvalue weighted by Gasteiger charge is 2.17. The summed E-state index contributed by atoms with van der Waals surface area (Å²) < 4.78 is 28.1. The van der Waals surface area contributed by atoms with E-state index in [0.29, 0.717) is 5.56 Å². The highest BCUT2D eigenvalue weighted by Crippen LogP contribution is 2.16. The van der Waals surface area contributed by atoms with Gasteiger partial charge in [-0.05, 0) is 38.5 Å². The van der Waals surface area contributed by atoms with Crippen LogP contribution in [0.3, 0.4) is 0 Å². The van der Waals surface area contributed by atoms with Crippen molar-refractivity contribution in [1.82, 2.24) is 5.32 Å². The van der Waals surface area contributed by atoms with E-state index in [-0.39, 0.29) is 11.4 Å². The molecule has 0 saturated heterocycles. The van der Waals surface area contributed by atoms with Crippen LogP contribution < -0.4 is 11.1 Å². The number of rotatable bonds is 4. The standard InChI is InChI=1S/C14H22N2O4S/c1-14(2,3)20-13(17)16-9-12(15)10-6-5-7-11(8-10)21(4,18)19/h5-8,12H,9,15H2,1-4H3,(H,16,17). The van der Waals surface area contributed by atoms with Crippen molar-refractivity contribution in [2.45, 2.75) is 37.3 Å². The van der Waals surface area contributed by atoms with Gasteiger partial charge in [0.25, 0.3) is 0 Å². The van der Waals surface area contributed by atoms with Gasteiger partial charge in [-0.15, -0.1) is 0 Å². The quantitative estimate of drug-likeness (QED) is 0.880. The zero-order valence-corrected chi connectivity index (χ0v) is 13.5. The highest BCUT2D eigenvalue weighted by molar-refractivity contribution is 7.90. The Kier molecular flexibility index (Phi) is 5.36. The Labute approximate surface area is 125 Å². The van der Waals surface area contributed by atoms with Gasteiger partial charge in [0.15, 0.2) is 9.84 Å². The smallest absolute Gasteiger partial charge is 0.407 e. The van der Waals surface area contributed by atoms with Crippen molar-refractivity contribution in [2.75, 3.05) is 12.8 Å². The maximum atomic E-state index is 11.5. The maximum absolute atomic E-state index is 11.5. The van der Waals surface area contributed by atoms with Gasteiger partial charge in [-0.1, -0.05) is 12.1 Å². The third kappa shape index (κ3) is 6.14. The van der Waals surface area contributed by atoms with Crippen LogP contribution in [0.5, 0.6) is 0 Å². The fourth-order valence-electron chi connectivity index (χ4n) is 1.60. The largest absolute Gasteiger partial charge is 0.444 e. The summed E-state index contributed by atoms with van der Waals surface area (Å²) in [6.45, 7) is 5.45. The summed E-state index contributed by atoms with van der Waals surface area (Å²) >= 11 is 0. The summed E-state index contributed by atoms with van der Waals surface area (Å²) in [5.41, 5.74) is 6.01. The van der Waals surface area contributed by atoms with Gasteiger partial charge in [0, 0.05) is 18.8 Å². The average Bonchev–Trinajstić information content (AvgIpc) is 2.33. The van der Waals surface area contributed by atoms with E-state index in [0.717, 1.165) is 6.26 Å². The first-order valence-corrected chi connectivity index (χ1v) is 8.40. The van der Waals surface area contributed by atoms with Crippen molar-refractivity contribution in [1.29, 1.82) is 0 Å². The molecule has 0 aliphatic heterocycles. The minimum absolute atomic E-state index is 0.155. The van der Waals surface area contributed by atoms with Crippen LogP contribution >= 0.6 is 0 Å².